The standard InChI is InChI=1S/C17H24N2O4/c1-2-3-12-23-17(22)19-10-8-13(9-11-19)18-16(21)14-6-4-5-7-15(14)20/h4-7,13,20H,2-3,8-12H2,1H3,(H,18,21). The summed E-state index contributed by atoms with van der Waals surface area (Å²) in [6, 6.07) is 6.47. The molecule has 0 atom stereocenters. The summed E-state index contributed by atoms with van der Waals surface area (Å²) in [5.41, 5.74) is 0.272. The SMILES string of the molecule is CCCCOC(=O)N1CCC(NC(=O)c2ccccc2O)CC1. The molecule has 0 radical (unpaired) electrons. The number of aromatic hydroxyl groups is 1. The largest absolute Gasteiger partial charge is 0.507 e. The molecule has 2 rings (SSSR count). The van der Waals surface area contributed by atoms with Gasteiger partial charge in [-0.05, 0) is 31.4 Å². The van der Waals surface area contributed by atoms with Crippen LogP contribution in [0.3, 0.4) is 0 Å². The first-order valence-electron chi connectivity index (χ1n) is 8.12. The lowest BCUT2D eigenvalue weighted by Crippen LogP contribution is -2.46. The van der Waals surface area contributed by atoms with Gasteiger partial charge in [0, 0.05) is 19.1 Å². The third-order valence-corrected chi connectivity index (χ3v) is 3.96. The van der Waals surface area contributed by atoms with Crippen molar-refractivity contribution in [3.63, 3.8) is 0 Å². The summed E-state index contributed by atoms with van der Waals surface area (Å²) in [4.78, 5) is 25.7. The molecule has 6 nitrogen and oxygen atoms in total. The molecular formula is C17H24N2O4. The minimum Gasteiger partial charge on any atom is -0.507 e. The van der Waals surface area contributed by atoms with Gasteiger partial charge in [0.2, 0.25) is 0 Å². The molecule has 6 heteroatoms. The fourth-order valence-electron chi connectivity index (χ4n) is 2.53. The second kappa shape index (κ2) is 8.41. The Morgan fingerprint density at radius 3 is 2.65 bits per heavy atom. The Labute approximate surface area is 136 Å². The normalized spacial score (nSPS) is 15.3. The quantitative estimate of drug-likeness (QED) is 0.817. The van der Waals surface area contributed by atoms with Crippen molar-refractivity contribution in [1.82, 2.24) is 10.2 Å². The van der Waals surface area contributed by atoms with Crippen molar-refractivity contribution < 1.29 is 19.4 Å². The van der Waals surface area contributed by atoms with Crippen molar-refractivity contribution in [2.24, 2.45) is 0 Å². The molecule has 1 saturated heterocycles. The highest BCUT2D eigenvalue weighted by Crippen LogP contribution is 2.17. The molecule has 1 aliphatic rings. The Bertz CT molecular complexity index is 539. The van der Waals surface area contributed by atoms with Crippen LogP contribution in [0.25, 0.3) is 0 Å². The average molecular weight is 320 g/mol. The zero-order valence-corrected chi connectivity index (χ0v) is 13.5. The molecule has 126 valence electrons. The third kappa shape index (κ3) is 4.87. The number of benzene rings is 1. The molecule has 1 aromatic rings. The summed E-state index contributed by atoms with van der Waals surface area (Å²) < 4.78 is 5.19. The van der Waals surface area contributed by atoms with E-state index in [2.05, 4.69) is 5.32 Å². The number of piperidine rings is 1. The molecule has 1 aromatic carbocycles. The van der Waals surface area contributed by atoms with Gasteiger partial charge in [0.05, 0.1) is 12.2 Å². The molecule has 2 N–H and O–H groups in total. The molecule has 23 heavy (non-hydrogen) atoms. The van der Waals surface area contributed by atoms with Gasteiger partial charge in [0.25, 0.3) is 5.91 Å². The number of likely N-dealkylation sites (tertiary alicyclic amines) is 1. The summed E-state index contributed by atoms with van der Waals surface area (Å²) in [6.07, 6.45) is 2.96. The molecule has 1 fully saturated rings. The maximum absolute atomic E-state index is 12.1. The number of amides is 2. The van der Waals surface area contributed by atoms with E-state index in [1.807, 2.05) is 6.92 Å². The zero-order chi connectivity index (χ0) is 16.7. The number of nitrogens with one attached hydrogen (secondary N) is 1. The van der Waals surface area contributed by atoms with Gasteiger partial charge in [-0.2, -0.15) is 0 Å². The smallest absolute Gasteiger partial charge is 0.409 e. The summed E-state index contributed by atoms with van der Waals surface area (Å²) in [5.74, 6) is -0.311. The van der Waals surface area contributed by atoms with Gasteiger partial charge in [-0.3, -0.25) is 4.79 Å². The van der Waals surface area contributed by atoms with Gasteiger partial charge in [-0.25, -0.2) is 4.79 Å². The van der Waals surface area contributed by atoms with Crippen LogP contribution in [0.15, 0.2) is 24.3 Å². The van der Waals surface area contributed by atoms with Crippen LogP contribution in [-0.4, -0.2) is 47.7 Å². The van der Waals surface area contributed by atoms with Gasteiger partial charge in [0.15, 0.2) is 0 Å². The minimum absolute atomic E-state index is 0.00166. The molecule has 0 saturated carbocycles. The van der Waals surface area contributed by atoms with E-state index in [-0.39, 0.29) is 29.4 Å². The van der Waals surface area contributed by atoms with Crippen molar-refractivity contribution in [2.45, 2.75) is 38.6 Å². The van der Waals surface area contributed by atoms with Crippen LogP contribution in [0.1, 0.15) is 43.0 Å². The number of phenolic OH excluding ortho intramolecular Hbond substituents is 1. The van der Waals surface area contributed by atoms with Gasteiger partial charge in [0.1, 0.15) is 5.75 Å². The van der Waals surface area contributed by atoms with Crippen molar-refractivity contribution >= 4 is 12.0 Å². The monoisotopic (exact) mass is 320 g/mol. The highest BCUT2D eigenvalue weighted by atomic mass is 16.6. The molecule has 0 bridgehead atoms. The maximum atomic E-state index is 12.1. The van der Waals surface area contributed by atoms with Crippen LogP contribution >= 0.6 is 0 Å². The van der Waals surface area contributed by atoms with E-state index in [1.54, 1.807) is 23.1 Å². The summed E-state index contributed by atoms with van der Waals surface area (Å²) >= 11 is 0. The van der Waals surface area contributed by atoms with Crippen LogP contribution in [0.2, 0.25) is 0 Å². The number of carbonyl (C=O) groups excluding carboxylic acids is 2. The van der Waals surface area contributed by atoms with Crippen molar-refractivity contribution in [2.75, 3.05) is 19.7 Å². The lowest BCUT2D eigenvalue weighted by molar-refractivity contribution is 0.0835. The van der Waals surface area contributed by atoms with E-state index in [0.29, 0.717) is 32.5 Å². The van der Waals surface area contributed by atoms with E-state index in [1.165, 1.54) is 6.07 Å². The first kappa shape index (κ1) is 17.1. The number of carbonyl (C=O) groups is 2. The molecule has 0 unspecified atom stereocenters. The maximum Gasteiger partial charge on any atom is 0.409 e. The average Bonchev–Trinajstić information content (AvgIpc) is 2.56. The van der Waals surface area contributed by atoms with Crippen LogP contribution in [0, 0.1) is 0 Å². The van der Waals surface area contributed by atoms with Gasteiger partial charge in [-0.1, -0.05) is 25.5 Å². The van der Waals surface area contributed by atoms with Gasteiger partial charge >= 0.3 is 6.09 Å². The Balaban J connectivity index is 1.77. The van der Waals surface area contributed by atoms with E-state index >= 15 is 0 Å². The lowest BCUT2D eigenvalue weighted by atomic mass is 10.0. The van der Waals surface area contributed by atoms with Crippen LogP contribution in [0.5, 0.6) is 5.75 Å². The highest BCUT2D eigenvalue weighted by Gasteiger charge is 2.25. The molecule has 1 heterocycles. The zero-order valence-electron chi connectivity index (χ0n) is 13.5. The molecule has 0 aromatic heterocycles. The Kier molecular flexibility index (Phi) is 6.26. The van der Waals surface area contributed by atoms with Crippen molar-refractivity contribution in [3.8, 4) is 5.75 Å². The first-order valence-corrected chi connectivity index (χ1v) is 8.12. The summed E-state index contributed by atoms with van der Waals surface area (Å²) in [6.45, 7) is 3.64. The molecule has 1 aliphatic heterocycles. The Morgan fingerprint density at radius 1 is 1.30 bits per heavy atom. The Morgan fingerprint density at radius 2 is 2.00 bits per heavy atom. The fourth-order valence-corrected chi connectivity index (χ4v) is 2.53. The number of hydrogen-bond donors (Lipinski definition) is 2. The number of phenols is 1. The van der Waals surface area contributed by atoms with E-state index in [9.17, 15) is 14.7 Å². The van der Waals surface area contributed by atoms with Crippen LogP contribution in [0.4, 0.5) is 4.79 Å². The molecule has 2 amide bonds. The number of unbranched alkanes of at least 4 members (excludes halogenated alkanes) is 1. The van der Waals surface area contributed by atoms with Gasteiger partial charge in [-0.15, -0.1) is 0 Å². The van der Waals surface area contributed by atoms with Gasteiger partial charge < -0.3 is 20.1 Å². The number of nitrogens with zero attached hydrogens (tertiary/aromatic N) is 1. The van der Waals surface area contributed by atoms with Crippen molar-refractivity contribution in [3.05, 3.63) is 29.8 Å². The topological polar surface area (TPSA) is 78.9 Å². The second-order valence-corrected chi connectivity index (χ2v) is 5.72. The van der Waals surface area contributed by atoms with Crippen LogP contribution in [-0.2, 0) is 4.74 Å². The summed E-state index contributed by atoms with van der Waals surface area (Å²) in [7, 11) is 0. The van der Waals surface area contributed by atoms with E-state index < -0.39 is 0 Å². The molecular weight excluding hydrogens is 296 g/mol. The number of hydrogen-bond acceptors (Lipinski definition) is 4. The lowest BCUT2D eigenvalue weighted by Gasteiger charge is -2.31. The highest BCUT2D eigenvalue weighted by molar-refractivity contribution is 5.96. The van der Waals surface area contributed by atoms with Crippen LogP contribution < -0.4 is 5.32 Å². The predicted octanol–water partition coefficient (Wildman–Crippen LogP) is 2.52. The molecule has 0 aliphatic carbocycles. The van der Waals surface area contributed by atoms with Crippen molar-refractivity contribution in [1.29, 1.82) is 0 Å². The van der Waals surface area contributed by atoms with E-state index in [4.69, 9.17) is 4.74 Å². The van der Waals surface area contributed by atoms with E-state index in [0.717, 1.165) is 12.8 Å². The fraction of sp³-hybridized carbons (Fsp3) is 0.529. The first-order chi connectivity index (χ1) is 11.1. The molecule has 0 spiro atoms. The minimum atomic E-state index is -0.285. The number of para-hydroxylation sites is 1. The second-order valence-electron chi connectivity index (χ2n) is 5.72. The number of ether oxygens (including phenoxy) is 1. The number of rotatable bonds is 5. The Hall–Kier alpha value is -2.24. The summed E-state index contributed by atoms with van der Waals surface area (Å²) in [5, 5.41) is 12.6. The predicted molar refractivity (Wildman–Crippen MR) is 86.4 cm³/mol. The third-order valence-electron chi connectivity index (χ3n) is 3.96.